The van der Waals surface area contributed by atoms with Gasteiger partial charge in [0.25, 0.3) is 0 Å². The third-order valence-electron chi connectivity index (χ3n) is 2.83. The van der Waals surface area contributed by atoms with Crippen LogP contribution in [0.2, 0.25) is 0 Å². The SMILES string of the molecule is CCCS(=O)(=O)N(C)C(C)c1ccccc1O. The maximum atomic E-state index is 11.9. The molecule has 5 heteroatoms. The van der Waals surface area contributed by atoms with Crippen LogP contribution in [0.15, 0.2) is 24.3 Å². The summed E-state index contributed by atoms with van der Waals surface area (Å²) in [6.45, 7) is 3.60. The van der Waals surface area contributed by atoms with Crippen LogP contribution in [0.25, 0.3) is 0 Å². The second-order valence-corrected chi connectivity index (χ2v) is 6.22. The van der Waals surface area contributed by atoms with Crippen molar-refractivity contribution >= 4 is 10.0 Å². The first-order chi connectivity index (χ1) is 7.90. The minimum atomic E-state index is -3.25. The Morgan fingerprint density at radius 2 is 1.94 bits per heavy atom. The lowest BCUT2D eigenvalue weighted by molar-refractivity contribution is 0.381. The molecule has 0 saturated carbocycles. The molecule has 1 aromatic rings. The van der Waals surface area contributed by atoms with Gasteiger partial charge in [0.05, 0.1) is 11.8 Å². The van der Waals surface area contributed by atoms with Gasteiger partial charge in [-0.15, -0.1) is 0 Å². The van der Waals surface area contributed by atoms with E-state index in [0.717, 1.165) is 0 Å². The Labute approximate surface area is 103 Å². The smallest absolute Gasteiger partial charge is 0.214 e. The molecular weight excluding hydrogens is 238 g/mol. The average Bonchev–Trinajstić information content (AvgIpc) is 2.27. The molecule has 1 unspecified atom stereocenters. The summed E-state index contributed by atoms with van der Waals surface area (Å²) in [5, 5.41) is 9.70. The van der Waals surface area contributed by atoms with E-state index >= 15 is 0 Å². The molecule has 1 aromatic carbocycles. The summed E-state index contributed by atoms with van der Waals surface area (Å²) in [5.41, 5.74) is 0.620. The van der Waals surface area contributed by atoms with Crippen molar-refractivity contribution in [1.29, 1.82) is 0 Å². The number of hydrogen-bond acceptors (Lipinski definition) is 3. The average molecular weight is 257 g/mol. The van der Waals surface area contributed by atoms with Crippen LogP contribution >= 0.6 is 0 Å². The van der Waals surface area contributed by atoms with E-state index in [1.807, 2.05) is 6.92 Å². The van der Waals surface area contributed by atoms with Crippen LogP contribution in [-0.2, 0) is 10.0 Å². The maximum Gasteiger partial charge on any atom is 0.214 e. The number of benzene rings is 1. The fraction of sp³-hybridized carbons (Fsp3) is 0.500. The van der Waals surface area contributed by atoms with Crippen LogP contribution in [0, 0.1) is 0 Å². The van der Waals surface area contributed by atoms with Crippen molar-refractivity contribution in [2.75, 3.05) is 12.8 Å². The van der Waals surface area contributed by atoms with Gasteiger partial charge in [-0.25, -0.2) is 8.42 Å². The predicted octanol–water partition coefficient (Wildman–Crippen LogP) is 2.12. The number of phenolic OH excluding ortho intramolecular Hbond substituents is 1. The second kappa shape index (κ2) is 5.51. The van der Waals surface area contributed by atoms with Gasteiger partial charge in [-0.3, -0.25) is 0 Å². The Morgan fingerprint density at radius 1 is 1.35 bits per heavy atom. The Bertz CT molecular complexity index is 470. The minimum absolute atomic E-state index is 0.124. The summed E-state index contributed by atoms with van der Waals surface area (Å²) < 4.78 is 25.1. The van der Waals surface area contributed by atoms with E-state index in [1.54, 1.807) is 38.2 Å². The first kappa shape index (κ1) is 14.0. The molecule has 4 nitrogen and oxygen atoms in total. The van der Waals surface area contributed by atoms with E-state index in [-0.39, 0.29) is 17.5 Å². The summed E-state index contributed by atoms with van der Waals surface area (Å²) in [7, 11) is -1.71. The highest BCUT2D eigenvalue weighted by atomic mass is 32.2. The van der Waals surface area contributed by atoms with Gasteiger partial charge >= 0.3 is 0 Å². The molecule has 0 spiro atoms. The summed E-state index contributed by atoms with van der Waals surface area (Å²) >= 11 is 0. The van der Waals surface area contributed by atoms with Crippen LogP contribution in [-0.4, -0.2) is 30.6 Å². The van der Waals surface area contributed by atoms with E-state index in [9.17, 15) is 13.5 Å². The lowest BCUT2D eigenvalue weighted by Crippen LogP contribution is -2.31. The lowest BCUT2D eigenvalue weighted by atomic mass is 10.1. The van der Waals surface area contributed by atoms with Gasteiger partial charge in [-0.1, -0.05) is 25.1 Å². The lowest BCUT2D eigenvalue weighted by Gasteiger charge is -2.25. The molecule has 1 rings (SSSR count). The Balaban J connectivity index is 2.99. The van der Waals surface area contributed by atoms with Crippen molar-refractivity contribution in [2.45, 2.75) is 26.3 Å². The molecule has 96 valence electrons. The second-order valence-electron chi connectivity index (χ2n) is 4.07. The van der Waals surface area contributed by atoms with E-state index in [0.29, 0.717) is 12.0 Å². The van der Waals surface area contributed by atoms with Gasteiger partial charge in [0.1, 0.15) is 5.75 Å². The van der Waals surface area contributed by atoms with Gasteiger partial charge < -0.3 is 5.11 Å². The molecule has 0 fully saturated rings. The molecule has 0 aromatic heterocycles. The summed E-state index contributed by atoms with van der Waals surface area (Å²) in [6.07, 6.45) is 0.583. The zero-order valence-corrected chi connectivity index (χ0v) is 11.2. The van der Waals surface area contributed by atoms with Crippen LogP contribution < -0.4 is 0 Å². The van der Waals surface area contributed by atoms with Gasteiger partial charge in [0.15, 0.2) is 0 Å². The van der Waals surface area contributed by atoms with Gasteiger partial charge in [0, 0.05) is 12.6 Å². The number of phenols is 1. The highest BCUT2D eigenvalue weighted by molar-refractivity contribution is 7.89. The van der Waals surface area contributed by atoms with E-state index in [2.05, 4.69) is 0 Å². The minimum Gasteiger partial charge on any atom is -0.508 e. The molecule has 17 heavy (non-hydrogen) atoms. The van der Waals surface area contributed by atoms with Crippen LogP contribution in [0.1, 0.15) is 31.9 Å². The Morgan fingerprint density at radius 3 is 2.47 bits per heavy atom. The van der Waals surface area contributed by atoms with Crippen molar-refractivity contribution in [3.05, 3.63) is 29.8 Å². The predicted molar refractivity (Wildman–Crippen MR) is 68.4 cm³/mol. The first-order valence-corrected chi connectivity index (χ1v) is 7.24. The molecule has 0 aliphatic carbocycles. The van der Waals surface area contributed by atoms with Crippen molar-refractivity contribution in [3.8, 4) is 5.75 Å². The van der Waals surface area contributed by atoms with Gasteiger partial charge in [-0.2, -0.15) is 4.31 Å². The summed E-state index contributed by atoms with van der Waals surface area (Å²) in [5.74, 6) is 0.250. The van der Waals surface area contributed by atoms with Gasteiger partial charge in [-0.05, 0) is 19.4 Å². The molecule has 0 radical (unpaired) electrons. The standard InChI is InChI=1S/C12H19NO3S/c1-4-9-17(15,16)13(3)10(2)11-7-5-6-8-12(11)14/h5-8,10,14H,4,9H2,1-3H3. The van der Waals surface area contributed by atoms with Crippen molar-refractivity contribution in [3.63, 3.8) is 0 Å². The van der Waals surface area contributed by atoms with Crippen molar-refractivity contribution in [1.82, 2.24) is 4.31 Å². The number of sulfonamides is 1. The topological polar surface area (TPSA) is 57.6 Å². The number of hydrogen-bond donors (Lipinski definition) is 1. The quantitative estimate of drug-likeness (QED) is 0.879. The molecule has 0 bridgehead atoms. The number of nitrogens with zero attached hydrogens (tertiary/aromatic N) is 1. The highest BCUT2D eigenvalue weighted by Crippen LogP contribution is 2.28. The zero-order chi connectivity index (χ0) is 13.1. The molecule has 0 saturated heterocycles. The van der Waals surface area contributed by atoms with Crippen molar-refractivity contribution in [2.24, 2.45) is 0 Å². The third-order valence-corrected chi connectivity index (χ3v) is 4.95. The first-order valence-electron chi connectivity index (χ1n) is 5.63. The van der Waals surface area contributed by atoms with Gasteiger partial charge in [0.2, 0.25) is 10.0 Å². The third kappa shape index (κ3) is 3.20. The highest BCUT2D eigenvalue weighted by Gasteiger charge is 2.24. The number of aromatic hydroxyl groups is 1. The molecule has 1 N–H and O–H groups in total. The van der Waals surface area contributed by atoms with E-state index < -0.39 is 10.0 Å². The van der Waals surface area contributed by atoms with Crippen LogP contribution in [0.5, 0.6) is 5.75 Å². The molecular formula is C12H19NO3S. The fourth-order valence-electron chi connectivity index (χ4n) is 1.68. The van der Waals surface area contributed by atoms with Crippen molar-refractivity contribution < 1.29 is 13.5 Å². The fourth-order valence-corrected chi connectivity index (χ4v) is 3.08. The van der Waals surface area contributed by atoms with Crippen LogP contribution in [0.4, 0.5) is 0 Å². The monoisotopic (exact) mass is 257 g/mol. The number of rotatable bonds is 5. The Kier molecular flexibility index (Phi) is 4.54. The zero-order valence-electron chi connectivity index (χ0n) is 10.4. The molecule has 0 aliphatic heterocycles. The van der Waals surface area contributed by atoms with E-state index in [1.165, 1.54) is 4.31 Å². The molecule has 0 aliphatic rings. The van der Waals surface area contributed by atoms with Crippen LogP contribution in [0.3, 0.4) is 0 Å². The van der Waals surface area contributed by atoms with E-state index in [4.69, 9.17) is 0 Å². The largest absolute Gasteiger partial charge is 0.508 e. The molecule has 0 amide bonds. The normalized spacial score (nSPS) is 13.9. The summed E-state index contributed by atoms with van der Waals surface area (Å²) in [6, 6.07) is 6.43. The molecule has 0 heterocycles. The molecule has 1 atom stereocenters. The number of para-hydroxylation sites is 1. The Hall–Kier alpha value is -1.07. The maximum absolute atomic E-state index is 11.9. The summed E-state index contributed by atoms with van der Waals surface area (Å²) in [4.78, 5) is 0.